The summed E-state index contributed by atoms with van der Waals surface area (Å²) in [6.07, 6.45) is 3.50. The van der Waals surface area contributed by atoms with Crippen LogP contribution in [0.1, 0.15) is 12.8 Å². The summed E-state index contributed by atoms with van der Waals surface area (Å²) in [4.78, 5) is 21.5. The predicted molar refractivity (Wildman–Crippen MR) is 108 cm³/mol. The van der Waals surface area contributed by atoms with E-state index in [0.717, 1.165) is 56.7 Å². The minimum absolute atomic E-state index is 0. The number of nitrogens with one attached hydrogen (secondary N) is 1. The fraction of sp³-hybridized carbons (Fsp3) is 0.556. The number of hydrogen-bond acceptors (Lipinski definition) is 4. The third-order valence-electron chi connectivity index (χ3n) is 5.28. The number of piperazine rings is 1. The van der Waals surface area contributed by atoms with E-state index in [2.05, 4.69) is 25.8 Å². The molecule has 0 saturated carbocycles. The molecule has 1 unspecified atom stereocenters. The second kappa shape index (κ2) is 9.55. The van der Waals surface area contributed by atoms with Crippen molar-refractivity contribution in [2.75, 3.05) is 39.3 Å². The van der Waals surface area contributed by atoms with Crippen LogP contribution in [0, 0.1) is 0 Å². The zero-order valence-electron chi connectivity index (χ0n) is 14.8. The highest BCUT2D eigenvalue weighted by atomic mass is 35.5. The third-order valence-corrected chi connectivity index (χ3v) is 5.28. The van der Waals surface area contributed by atoms with Gasteiger partial charge >= 0.3 is 0 Å². The second-order valence-corrected chi connectivity index (χ2v) is 6.74. The van der Waals surface area contributed by atoms with Gasteiger partial charge in [0.1, 0.15) is 0 Å². The van der Waals surface area contributed by atoms with Gasteiger partial charge in [-0.3, -0.25) is 9.69 Å². The molecule has 1 atom stereocenters. The van der Waals surface area contributed by atoms with Crippen LogP contribution < -0.4 is 5.32 Å². The first-order valence-corrected chi connectivity index (χ1v) is 8.94. The van der Waals surface area contributed by atoms with E-state index in [0.29, 0.717) is 19.0 Å². The van der Waals surface area contributed by atoms with Crippen LogP contribution in [-0.4, -0.2) is 70.6 Å². The lowest BCUT2D eigenvalue weighted by Crippen LogP contribution is -2.49. The number of carbonyl (C=O) groups is 1. The first kappa shape index (κ1) is 21.0. The average Bonchev–Trinajstić information content (AvgIpc) is 3.28. The monoisotopic (exact) mass is 399 g/mol. The number of hydrogen-bond donors (Lipinski definition) is 1. The van der Waals surface area contributed by atoms with Gasteiger partial charge < -0.3 is 14.8 Å². The van der Waals surface area contributed by atoms with Crippen molar-refractivity contribution < 1.29 is 4.79 Å². The zero-order chi connectivity index (χ0) is 16.4. The van der Waals surface area contributed by atoms with Crippen LogP contribution in [0.25, 0.3) is 11.0 Å². The molecule has 1 N–H and O–H groups in total. The number of amides is 1. The summed E-state index contributed by atoms with van der Waals surface area (Å²) >= 11 is 0. The predicted octanol–water partition coefficient (Wildman–Crippen LogP) is 1.78. The molecule has 6 nitrogen and oxygen atoms in total. The summed E-state index contributed by atoms with van der Waals surface area (Å²) < 4.78 is 2.08. The number of aromatic nitrogens is 2. The largest absolute Gasteiger partial charge is 0.341 e. The quantitative estimate of drug-likeness (QED) is 0.850. The number of likely N-dealkylation sites (tertiary alicyclic amines) is 1. The molecule has 0 bridgehead atoms. The maximum Gasteiger partial charge on any atom is 0.224 e. The maximum absolute atomic E-state index is 12.6. The Hall–Kier alpha value is -1.34. The number of carbonyl (C=O) groups excluding carboxylic acids is 1. The van der Waals surface area contributed by atoms with Gasteiger partial charge in [-0.2, -0.15) is 0 Å². The van der Waals surface area contributed by atoms with Crippen molar-refractivity contribution >= 4 is 41.8 Å². The molecule has 3 heterocycles. The Kier molecular flexibility index (Phi) is 7.70. The van der Waals surface area contributed by atoms with E-state index in [4.69, 9.17) is 0 Å². The Morgan fingerprint density at radius 2 is 1.92 bits per heavy atom. The molecule has 144 valence electrons. The van der Waals surface area contributed by atoms with Crippen LogP contribution >= 0.6 is 24.8 Å². The van der Waals surface area contributed by atoms with Crippen molar-refractivity contribution in [3.05, 3.63) is 30.6 Å². The highest BCUT2D eigenvalue weighted by Gasteiger charge is 2.30. The molecule has 2 aliphatic rings. The smallest absolute Gasteiger partial charge is 0.224 e. The highest BCUT2D eigenvalue weighted by molar-refractivity contribution is 5.85. The first-order chi connectivity index (χ1) is 11.8. The number of halogens is 2. The Morgan fingerprint density at radius 1 is 1.15 bits per heavy atom. The van der Waals surface area contributed by atoms with Gasteiger partial charge in [-0.1, -0.05) is 12.1 Å². The van der Waals surface area contributed by atoms with Crippen molar-refractivity contribution in [1.82, 2.24) is 24.7 Å². The molecule has 0 aliphatic carbocycles. The summed E-state index contributed by atoms with van der Waals surface area (Å²) in [5.74, 6) is 0.269. The van der Waals surface area contributed by atoms with E-state index in [-0.39, 0.29) is 30.7 Å². The summed E-state index contributed by atoms with van der Waals surface area (Å²) in [6.45, 7) is 6.84. The van der Waals surface area contributed by atoms with Crippen molar-refractivity contribution in [3.8, 4) is 0 Å². The van der Waals surface area contributed by atoms with E-state index < -0.39 is 0 Å². The van der Waals surface area contributed by atoms with Crippen molar-refractivity contribution in [3.63, 3.8) is 0 Å². The molecule has 2 fully saturated rings. The van der Waals surface area contributed by atoms with Gasteiger partial charge in [0.2, 0.25) is 5.91 Å². The fourth-order valence-corrected chi connectivity index (χ4v) is 3.88. The lowest BCUT2D eigenvalue weighted by atomic mass is 10.2. The molecular formula is C18H27Cl2N5O. The number of nitrogens with zero attached hydrogens (tertiary/aromatic N) is 4. The van der Waals surface area contributed by atoms with Gasteiger partial charge in [0.05, 0.1) is 17.4 Å². The van der Waals surface area contributed by atoms with Gasteiger partial charge in [0, 0.05) is 58.3 Å². The number of rotatable bonds is 4. The Morgan fingerprint density at radius 3 is 2.73 bits per heavy atom. The molecule has 1 aromatic carbocycles. The van der Waals surface area contributed by atoms with E-state index in [1.54, 1.807) is 0 Å². The number of benzene rings is 1. The van der Waals surface area contributed by atoms with E-state index in [1.165, 1.54) is 0 Å². The van der Waals surface area contributed by atoms with Gasteiger partial charge in [0.25, 0.3) is 0 Å². The highest BCUT2D eigenvalue weighted by Crippen LogP contribution is 2.18. The summed E-state index contributed by atoms with van der Waals surface area (Å²) in [7, 11) is 0. The minimum atomic E-state index is 0. The Balaban J connectivity index is 0.00000121. The number of aryl methyl sites for hydroxylation is 1. The fourth-order valence-electron chi connectivity index (χ4n) is 3.88. The Labute approximate surface area is 166 Å². The SMILES string of the molecule is Cl.Cl.O=C(CCn1cnc2ccccc21)N1CCC(N2CCNCC2)C1. The van der Waals surface area contributed by atoms with Crippen LogP contribution in [0.4, 0.5) is 0 Å². The van der Waals surface area contributed by atoms with Crippen LogP contribution in [0.3, 0.4) is 0 Å². The van der Waals surface area contributed by atoms with Crippen LogP contribution in [0.15, 0.2) is 30.6 Å². The number of para-hydroxylation sites is 2. The van der Waals surface area contributed by atoms with Crippen molar-refractivity contribution in [2.24, 2.45) is 0 Å². The maximum atomic E-state index is 12.6. The van der Waals surface area contributed by atoms with Crippen molar-refractivity contribution in [2.45, 2.75) is 25.4 Å². The third kappa shape index (κ3) is 4.49. The topological polar surface area (TPSA) is 53.4 Å². The van der Waals surface area contributed by atoms with E-state index >= 15 is 0 Å². The van der Waals surface area contributed by atoms with E-state index in [9.17, 15) is 4.79 Å². The van der Waals surface area contributed by atoms with Gasteiger partial charge in [-0.25, -0.2) is 4.98 Å². The molecule has 2 aliphatic heterocycles. The Bertz CT molecular complexity index is 716. The van der Waals surface area contributed by atoms with Crippen LogP contribution in [0.2, 0.25) is 0 Å². The summed E-state index contributed by atoms with van der Waals surface area (Å²) in [5, 5.41) is 3.39. The molecule has 1 amide bonds. The molecule has 0 spiro atoms. The molecule has 2 aromatic rings. The number of fused-ring (bicyclic) bond motifs is 1. The second-order valence-electron chi connectivity index (χ2n) is 6.74. The van der Waals surface area contributed by atoms with Crippen LogP contribution in [-0.2, 0) is 11.3 Å². The van der Waals surface area contributed by atoms with Crippen molar-refractivity contribution in [1.29, 1.82) is 0 Å². The van der Waals surface area contributed by atoms with Gasteiger partial charge in [-0.05, 0) is 18.6 Å². The normalized spacial score (nSPS) is 20.6. The molecule has 8 heteroatoms. The standard InChI is InChI=1S/C18H25N5O.2ClH/c24-18(6-10-23-14-20-16-3-1-2-4-17(16)23)22-9-5-15(13-22)21-11-7-19-8-12-21;;/h1-4,14-15,19H,5-13H2;2*1H. The lowest BCUT2D eigenvalue weighted by molar-refractivity contribution is -0.130. The van der Waals surface area contributed by atoms with E-state index in [1.807, 2.05) is 29.4 Å². The molecule has 4 rings (SSSR count). The average molecular weight is 400 g/mol. The summed E-state index contributed by atoms with van der Waals surface area (Å²) in [5.41, 5.74) is 2.09. The molecule has 0 radical (unpaired) electrons. The van der Waals surface area contributed by atoms with Gasteiger partial charge in [0.15, 0.2) is 0 Å². The molecule has 2 saturated heterocycles. The zero-order valence-corrected chi connectivity index (χ0v) is 16.5. The minimum Gasteiger partial charge on any atom is -0.341 e. The first-order valence-electron chi connectivity index (χ1n) is 8.94. The van der Waals surface area contributed by atoms with Crippen LogP contribution in [0.5, 0.6) is 0 Å². The lowest BCUT2D eigenvalue weighted by Gasteiger charge is -2.32. The summed E-state index contributed by atoms with van der Waals surface area (Å²) in [6, 6.07) is 8.62. The molecule has 1 aromatic heterocycles. The molecule has 26 heavy (non-hydrogen) atoms. The number of imidazole rings is 1. The van der Waals surface area contributed by atoms with Gasteiger partial charge in [-0.15, -0.1) is 24.8 Å². The molecular weight excluding hydrogens is 373 g/mol.